The smallest absolute Gasteiger partial charge is 0.309 e. The third-order valence-corrected chi connectivity index (χ3v) is 3.61. The summed E-state index contributed by atoms with van der Waals surface area (Å²) in [7, 11) is 1.35. The first-order chi connectivity index (χ1) is 10.1. The van der Waals surface area contributed by atoms with Crippen LogP contribution in [0.2, 0.25) is 0 Å². The molecule has 0 amide bonds. The fraction of sp³-hybridized carbons (Fsp3) is 0.188. The summed E-state index contributed by atoms with van der Waals surface area (Å²) in [6, 6.07) is 11.7. The first-order valence-corrected chi connectivity index (χ1v) is 7.11. The van der Waals surface area contributed by atoms with Gasteiger partial charge in [0.1, 0.15) is 18.2 Å². The van der Waals surface area contributed by atoms with Crippen molar-refractivity contribution < 1.29 is 18.7 Å². The second-order valence-electron chi connectivity index (χ2n) is 4.39. The molecule has 0 aliphatic heterocycles. The predicted octanol–water partition coefficient (Wildman–Crippen LogP) is 3.88. The van der Waals surface area contributed by atoms with E-state index in [0.717, 1.165) is 11.1 Å². The maximum absolute atomic E-state index is 13.2. The highest BCUT2D eigenvalue weighted by Crippen LogP contribution is 2.26. The molecule has 2 aromatic carbocycles. The number of carbonyl (C=O) groups excluding carboxylic acids is 1. The number of carbonyl (C=O) groups is 1. The van der Waals surface area contributed by atoms with Gasteiger partial charge in [-0.1, -0.05) is 24.3 Å². The minimum absolute atomic E-state index is 0.181. The summed E-state index contributed by atoms with van der Waals surface area (Å²) >= 11 is 3.31. The fourth-order valence-corrected chi connectivity index (χ4v) is 2.20. The molecule has 2 rings (SSSR count). The molecule has 0 atom stereocenters. The summed E-state index contributed by atoms with van der Waals surface area (Å²) < 4.78 is 24.2. The number of hydrogen-bond donors (Lipinski definition) is 0. The Morgan fingerprint density at radius 3 is 2.62 bits per heavy atom. The van der Waals surface area contributed by atoms with Crippen LogP contribution in [0.3, 0.4) is 0 Å². The Hall–Kier alpha value is -1.88. The van der Waals surface area contributed by atoms with Gasteiger partial charge in [0.2, 0.25) is 0 Å². The van der Waals surface area contributed by atoms with E-state index >= 15 is 0 Å². The molecule has 2 aromatic rings. The molecule has 0 aromatic heterocycles. The zero-order valence-corrected chi connectivity index (χ0v) is 13.0. The van der Waals surface area contributed by atoms with E-state index in [1.54, 1.807) is 6.07 Å². The van der Waals surface area contributed by atoms with E-state index in [-0.39, 0.29) is 24.8 Å². The SMILES string of the molecule is COC(=O)Cc1ccccc1COc1cc(F)ccc1Br. The van der Waals surface area contributed by atoms with Gasteiger partial charge in [0, 0.05) is 6.07 Å². The highest BCUT2D eigenvalue weighted by molar-refractivity contribution is 9.10. The number of esters is 1. The van der Waals surface area contributed by atoms with E-state index in [2.05, 4.69) is 20.7 Å². The number of rotatable bonds is 5. The molecule has 0 N–H and O–H groups in total. The fourth-order valence-electron chi connectivity index (χ4n) is 1.84. The van der Waals surface area contributed by atoms with Crippen LogP contribution in [-0.2, 0) is 22.6 Å². The van der Waals surface area contributed by atoms with Crippen LogP contribution in [-0.4, -0.2) is 13.1 Å². The average molecular weight is 353 g/mol. The molecule has 110 valence electrons. The first-order valence-electron chi connectivity index (χ1n) is 6.31. The standard InChI is InChI=1S/C16H14BrFO3/c1-20-16(19)8-11-4-2-3-5-12(11)10-21-15-9-13(18)6-7-14(15)17/h2-7,9H,8,10H2,1H3. The van der Waals surface area contributed by atoms with E-state index in [0.29, 0.717) is 10.2 Å². The molecule has 0 aliphatic rings. The van der Waals surface area contributed by atoms with E-state index in [1.807, 2.05) is 24.3 Å². The summed E-state index contributed by atoms with van der Waals surface area (Å²) in [5, 5.41) is 0. The molecule has 0 saturated heterocycles. The number of hydrogen-bond acceptors (Lipinski definition) is 3. The number of methoxy groups -OCH3 is 1. The van der Waals surface area contributed by atoms with Gasteiger partial charge in [-0.3, -0.25) is 4.79 Å². The lowest BCUT2D eigenvalue weighted by Crippen LogP contribution is -2.08. The van der Waals surface area contributed by atoms with Gasteiger partial charge in [-0.25, -0.2) is 4.39 Å². The Morgan fingerprint density at radius 1 is 1.19 bits per heavy atom. The van der Waals surface area contributed by atoms with Crippen molar-refractivity contribution in [2.75, 3.05) is 7.11 Å². The highest BCUT2D eigenvalue weighted by Gasteiger charge is 2.09. The molecule has 0 bridgehead atoms. The third kappa shape index (κ3) is 4.29. The van der Waals surface area contributed by atoms with Gasteiger partial charge >= 0.3 is 5.97 Å². The molecule has 0 spiro atoms. The zero-order valence-electron chi connectivity index (χ0n) is 11.4. The summed E-state index contributed by atoms with van der Waals surface area (Å²) in [4.78, 5) is 11.4. The summed E-state index contributed by atoms with van der Waals surface area (Å²) in [6.07, 6.45) is 0.181. The van der Waals surface area contributed by atoms with Crippen molar-refractivity contribution in [2.24, 2.45) is 0 Å². The normalized spacial score (nSPS) is 10.2. The van der Waals surface area contributed by atoms with Crippen molar-refractivity contribution in [3.05, 3.63) is 63.9 Å². The molecule has 5 heteroatoms. The van der Waals surface area contributed by atoms with E-state index in [4.69, 9.17) is 4.74 Å². The summed E-state index contributed by atoms with van der Waals surface area (Å²) in [6.45, 7) is 0.245. The van der Waals surface area contributed by atoms with Crippen LogP contribution in [0.1, 0.15) is 11.1 Å². The molecule has 0 saturated carbocycles. The van der Waals surface area contributed by atoms with Crippen LogP contribution < -0.4 is 4.74 Å². The van der Waals surface area contributed by atoms with Crippen LogP contribution in [0, 0.1) is 5.82 Å². The van der Waals surface area contributed by atoms with Crippen molar-refractivity contribution in [1.29, 1.82) is 0 Å². The Balaban J connectivity index is 2.13. The second-order valence-corrected chi connectivity index (χ2v) is 5.24. The summed E-state index contributed by atoms with van der Waals surface area (Å²) in [5.74, 6) is -0.256. The van der Waals surface area contributed by atoms with Crippen molar-refractivity contribution >= 4 is 21.9 Å². The number of halogens is 2. The molecule has 21 heavy (non-hydrogen) atoms. The summed E-state index contributed by atoms with van der Waals surface area (Å²) in [5.41, 5.74) is 1.69. The Morgan fingerprint density at radius 2 is 1.90 bits per heavy atom. The molecule has 0 unspecified atom stereocenters. The Bertz CT molecular complexity index is 643. The monoisotopic (exact) mass is 352 g/mol. The largest absolute Gasteiger partial charge is 0.488 e. The molecule has 0 aliphatic carbocycles. The van der Waals surface area contributed by atoms with Crippen molar-refractivity contribution in [3.63, 3.8) is 0 Å². The number of ether oxygens (including phenoxy) is 2. The molecule has 0 radical (unpaired) electrons. The van der Waals surface area contributed by atoms with Gasteiger partial charge in [0.15, 0.2) is 0 Å². The highest BCUT2D eigenvalue weighted by atomic mass is 79.9. The van der Waals surface area contributed by atoms with Crippen LogP contribution in [0.15, 0.2) is 46.9 Å². The molecule has 3 nitrogen and oxygen atoms in total. The minimum Gasteiger partial charge on any atom is -0.488 e. The van der Waals surface area contributed by atoms with Crippen molar-refractivity contribution in [3.8, 4) is 5.75 Å². The molecule has 0 fully saturated rings. The van der Waals surface area contributed by atoms with Gasteiger partial charge < -0.3 is 9.47 Å². The van der Waals surface area contributed by atoms with E-state index < -0.39 is 0 Å². The van der Waals surface area contributed by atoms with Crippen LogP contribution in [0.5, 0.6) is 5.75 Å². The third-order valence-electron chi connectivity index (χ3n) is 2.96. The van der Waals surface area contributed by atoms with E-state index in [9.17, 15) is 9.18 Å². The maximum Gasteiger partial charge on any atom is 0.309 e. The Kier molecular flexibility index (Phi) is 5.33. The first kappa shape index (κ1) is 15.5. The lowest BCUT2D eigenvalue weighted by atomic mass is 10.1. The quantitative estimate of drug-likeness (QED) is 0.766. The van der Waals surface area contributed by atoms with Crippen molar-refractivity contribution in [1.82, 2.24) is 0 Å². The predicted molar refractivity (Wildman–Crippen MR) is 80.6 cm³/mol. The second kappa shape index (κ2) is 7.22. The van der Waals surface area contributed by atoms with Gasteiger partial charge in [-0.2, -0.15) is 0 Å². The van der Waals surface area contributed by atoms with Gasteiger partial charge in [-0.15, -0.1) is 0 Å². The van der Waals surface area contributed by atoms with Gasteiger partial charge in [0.05, 0.1) is 18.0 Å². The molecular formula is C16H14BrFO3. The zero-order chi connectivity index (χ0) is 15.2. The molecular weight excluding hydrogens is 339 g/mol. The number of benzene rings is 2. The Labute approximate surface area is 130 Å². The molecule has 0 heterocycles. The van der Waals surface area contributed by atoms with Crippen molar-refractivity contribution in [2.45, 2.75) is 13.0 Å². The minimum atomic E-state index is -0.365. The van der Waals surface area contributed by atoms with Crippen LogP contribution >= 0.6 is 15.9 Å². The lowest BCUT2D eigenvalue weighted by molar-refractivity contribution is -0.139. The maximum atomic E-state index is 13.2. The lowest BCUT2D eigenvalue weighted by Gasteiger charge is -2.11. The van der Waals surface area contributed by atoms with Crippen LogP contribution in [0.4, 0.5) is 4.39 Å². The topological polar surface area (TPSA) is 35.5 Å². The van der Waals surface area contributed by atoms with Gasteiger partial charge in [-0.05, 0) is 39.2 Å². The van der Waals surface area contributed by atoms with Gasteiger partial charge in [0.25, 0.3) is 0 Å². The average Bonchev–Trinajstić information content (AvgIpc) is 2.49. The van der Waals surface area contributed by atoms with E-state index in [1.165, 1.54) is 19.2 Å². The van der Waals surface area contributed by atoms with Crippen LogP contribution in [0.25, 0.3) is 0 Å².